The van der Waals surface area contributed by atoms with E-state index in [9.17, 15) is 18.4 Å². The second-order valence-corrected chi connectivity index (χ2v) is 8.87. The molecule has 8 heteroatoms. The number of nitrogens with zero attached hydrogens (tertiary/aromatic N) is 2. The lowest BCUT2D eigenvalue weighted by Gasteiger charge is -2.44. The number of benzene rings is 2. The molecule has 3 atom stereocenters. The largest absolute Gasteiger partial charge is 0.358 e. The Morgan fingerprint density at radius 3 is 2.09 bits per heavy atom. The lowest BCUT2D eigenvalue weighted by molar-refractivity contribution is -0.139. The zero-order chi connectivity index (χ0) is 24.7. The first-order chi connectivity index (χ1) is 16.3. The highest BCUT2D eigenvalue weighted by Gasteiger charge is 2.36. The van der Waals surface area contributed by atoms with E-state index in [1.165, 1.54) is 24.3 Å². The van der Waals surface area contributed by atoms with Gasteiger partial charge >= 0.3 is 0 Å². The summed E-state index contributed by atoms with van der Waals surface area (Å²) in [6, 6.07) is 11.0. The van der Waals surface area contributed by atoms with Crippen LogP contribution < -0.4 is 11.1 Å². The van der Waals surface area contributed by atoms with Crippen LogP contribution in [0.1, 0.15) is 30.9 Å². The summed E-state index contributed by atoms with van der Waals surface area (Å²) < 4.78 is 26.5. The third kappa shape index (κ3) is 6.61. The molecular formula is C26H34F2N4O2. The van der Waals surface area contributed by atoms with E-state index >= 15 is 0 Å². The third-order valence-electron chi connectivity index (χ3n) is 6.44. The lowest BCUT2D eigenvalue weighted by Crippen LogP contribution is -2.62. The maximum absolute atomic E-state index is 13.3. The highest BCUT2D eigenvalue weighted by atomic mass is 19.1. The smallest absolute Gasteiger partial charge is 0.240 e. The van der Waals surface area contributed by atoms with Crippen molar-refractivity contribution >= 4 is 11.8 Å². The van der Waals surface area contributed by atoms with E-state index in [0.717, 1.165) is 24.0 Å². The van der Waals surface area contributed by atoms with Crippen LogP contribution >= 0.6 is 0 Å². The number of hydrogen-bond donors (Lipinski definition) is 2. The predicted molar refractivity (Wildman–Crippen MR) is 128 cm³/mol. The molecule has 1 fully saturated rings. The fourth-order valence-corrected chi connectivity index (χ4v) is 4.61. The van der Waals surface area contributed by atoms with E-state index in [1.54, 1.807) is 31.3 Å². The first-order valence-electron chi connectivity index (χ1n) is 11.8. The maximum Gasteiger partial charge on any atom is 0.240 e. The number of carbonyl (C=O) groups is 2. The zero-order valence-electron chi connectivity index (χ0n) is 19.8. The van der Waals surface area contributed by atoms with Crippen LogP contribution in [0.5, 0.6) is 0 Å². The molecule has 184 valence electrons. The van der Waals surface area contributed by atoms with Crippen molar-refractivity contribution in [1.82, 2.24) is 15.1 Å². The van der Waals surface area contributed by atoms with Crippen LogP contribution in [0.4, 0.5) is 8.78 Å². The fourth-order valence-electron chi connectivity index (χ4n) is 4.61. The van der Waals surface area contributed by atoms with Crippen molar-refractivity contribution in [3.8, 4) is 0 Å². The van der Waals surface area contributed by atoms with E-state index < -0.39 is 12.1 Å². The summed E-state index contributed by atoms with van der Waals surface area (Å²) in [6.45, 7) is 3.63. The first-order valence-corrected chi connectivity index (χ1v) is 11.8. The monoisotopic (exact) mass is 472 g/mol. The Kier molecular flexibility index (Phi) is 9.12. The van der Waals surface area contributed by atoms with Gasteiger partial charge in [0.05, 0.1) is 12.1 Å². The summed E-state index contributed by atoms with van der Waals surface area (Å²) in [6.07, 6.45) is 2.47. The van der Waals surface area contributed by atoms with Gasteiger partial charge < -0.3 is 16.0 Å². The molecule has 0 radical (unpaired) electrons. The minimum Gasteiger partial charge on any atom is -0.358 e. The fraction of sp³-hybridized carbons (Fsp3) is 0.462. The first kappa shape index (κ1) is 25.8. The molecule has 0 aromatic heterocycles. The molecule has 1 heterocycles. The summed E-state index contributed by atoms with van der Waals surface area (Å²) in [5.41, 5.74) is 7.95. The molecule has 3 N–H and O–H groups in total. The Morgan fingerprint density at radius 1 is 1.00 bits per heavy atom. The minimum atomic E-state index is -0.717. The number of piperazine rings is 1. The van der Waals surface area contributed by atoms with Crippen molar-refractivity contribution in [2.75, 3.05) is 26.7 Å². The van der Waals surface area contributed by atoms with Gasteiger partial charge in [-0.15, -0.1) is 0 Å². The van der Waals surface area contributed by atoms with Gasteiger partial charge in [0.15, 0.2) is 0 Å². The van der Waals surface area contributed by atoms with Gasteiger partial charge in [-0.1, -0.05) is 37.6 Å². The van der Waals surface area contributed by atoms with E-state index in [1.807, 2.05) is 4.90 Å². The molecular weight excluding hydrogens is 438 g/mol. The topological polar surface area (TPSA) is 78.7 Å². The number of nitrogens with one attached hydrogen (secondary N) is 1. The minimum absolute atomic E-state index is 0.0640. The molecule has 1 saturated heterocycles. The molecule has 2 aromatic rings. The Hall–Kier alpha value is -2.84. The SMILES string of the molecule is CCCC1CN(C(Cc2ccc(F)cc2)C(=O)NC)CCN1C(=O)C(N)Cc1ccc(F)cc1. The van der Waals surface area contributed by atoms with Crippen LogP contribution in [0.25, 0.3) is 0 Å². The van der Waals surface area contributed by atoms with E-state index in [4.69, 9.17) is 5.73 Å². The zero-order valence-corrected chi connectivity index (χ0v) is 19.8. The molecule has 2 amide bonds. The average molecular weight is 473 g/mol. The van der Waals surface area contributed by atoms with Crippen molar-refractivity contribution in [3.63, 3.8) is 0 Å². The summed E-state index contributed by atoms with van der Waals surface area (Å²) in [5, 5.41) is 2.74. The molecule has 3 unspecified atom stereocenters. The number of amides is 2. The summed E-state index contributed by atoms with van der Waals surface area (Å²) >= 11 is 0. The van der Waals surface area contributed by atoms with Crippen LogP contribution in [-0.2, 0) is 22.4 Å². The van der Waals surface area contributed by atoms with Gasteiger partial charge in [0.2, 0.25) is 11.8 Å². The summed E-state index contributed by atoms with van der Waals surface area (Å²) in [4.78, 5) is 29.9. The second-order valence-electron chi connectivity index (χ2n) is 8.87. The molecule has 6 nitrogen and oxygen atoms in total. The number of carbonyl (C=O) groups excluding carboxylic acids is 2. The number of nitrogens with two attached hydrogens (primary N) is 1. The number of rotatable bonds is 9. The van der Waals surface area contributed by atoms with E-state index in [0.29, 0.717) is 32.5 Å². The molecule has 2 aromatic carbocycles. The Labute approximate surface area is 200 Å². The van der Waals surface area contributed by atoms with E-state index in [2.05, 4.69) is 17.1 Å². The van der Waals surface area contributed by atoms with Gasteiger partial charge in [-0.3, -0.25) is 14.5 Å². The van der Waals surface area contributed by atoms with Crippen molar-refractivity contribution < 1.29 is 18.4 Å². The standard InChI is InChI=1S/C26H34F2N4O2/c1-3-4-22-17-31(24(25(33)30-2)16-19-7-11-21(28)12-8-19)13-14-32(22)26(34)23(29)15-18-5-9-20(27)10-6-18/h5-12,22-24H,3-4,13-17,29H2,1-2H3,(H,30,33). The van der Waals surface area contributed by atoms with Crippen molar-refractivity contribution in [3.05, 3.63) is 71.3 Å². The summed E-state index contributed by atoms with van der Waals surface area (Å²) in [5.74, 6) is -0.869. The lowest BCUT2D eigenvalue weighted by atomic mass is 9.98. The third-order valence-corrected chi connectivity index (χ3v) is 6.44. The van der Waals surface area contributed by atoms with Crippen LogP contribution in [0.3, 0.4) is 0 Å². The molecule has 0 aliphatic carbocycles. The van der Waals surface area contributed by atoms with E-state index in [-0.39, 0.29) is 29.5 Å². The molecule has 0 bridgehead atoms. The van der Waals surface area contributed by atoms with Gasteiger partial charge in [-0.2, -0.15) is 0 Å². The highest BCUT2D eigenvalue weighted by Crippen LogP contribution is 2.21. The van der Waals surface area contributed by atoms with Gasteiger partial charge in [0.25, 0.3) is 0 Å². The molecule has 0 spiro atoms. The summed E-state index contributed by atoms with van der Waals surface area (Å²) in [7, 11) is 1.61. The Morgan fingerprint density at radius 2 is 1.56 bits per heavy atom. The van der Waals surface area contributed by atoms with Crippen LogP contribution in [0, 0.1) is 11.6 Å². The maximum atomic E-state index is 13.3. The van der Waals surface area contributed by atoms with Crippen molar-refractivity contribution in [2.45, 2.75) is 50.7 Å². The normalized spacial score (nSPS) is 18.4. The number of halogens is 2. The highest BCUT2D eigenvalue weighted by molar-refractivity contribution is 5.83. The van der Waals surface area contributed by atoms with Gasteiger partial charge in [-0.25, -0.2) is 8.78 Å². The Bertz CT molecular complexity index is 952. The van der Waals surface area contributed by atoms with Gasteiger partial charge in [0.1, 0.15) is 11.6 Å². The van der Waals surface area contributed by atoms with Crippen LogP contribution in [0.2, 0.25) is 0 Å². The molecule has 34 heavy (non-hydrogen) atoms. The van der Waals surface area contributed by atoms with Crippen LogP contribution in [0.15, 0.2) is 48.5 Å². The number of hydrogen-bond acceptors (Lipinski definition) is 4. The second kappa shape index (κ2) is 12.0. The van der Waals surface area contributed by atoms with Crippen molar-refractivity contribution in [1.29, 1.82) is 0 Å². The number of likely N-dealkylation sites (N-methyl/N-ethyl adjacent to an activating group) is 1. The quantitative estimate of drug-likeness (QED) is 0.588. The molecule has 1 aliphatic rings. The molecule has 3 rings (SSSR count). The Balaban J connectivity index is 1.71. The average Bonchev–Trinajstić information content (AvgIpc) is 2.84. The van der Waals surface area contributed by atoms with Crippen LogP contribution in [-0.4, -0.2) is 66.4 Å². The molecule has 1 aliphatic heterocycles. The predicted octanol–water partition coefficient (Wildman–Crippen LogP) is 2.50. The van der Waals surface area contributed by atoms with Gasteiger partial charge in [0, 0.05) is 32.7 Å². The molecule has 0 saturated carbocycles. The van der Waals surface area contributed by atoms with Crippen molar-refractivity contribution in [2.24, 2.45) is 5.73 Å². The van der Waals surface area contributed by atoms with Gasteiger partial charge in [-0.05, 0) is 54.7 Å².